The van der Waals surface area contributed by atoms with Crippen molar-refractivity contribution in [2.24, 2.45) is 11.0 Å². The first kappa shape index (κ1) is 17.5. The summed E-state index contributed by atoms with van der Waals surface area (Å²) >= 11 is 0. The molecular weight excluding hydrogens is 270 g/mol. The zero-order valence-corrected chi connectivity index (χ0v) is 14.0. The topological polar surface area (TPSA) is 62.2 Å². The molecule has 0 bridgehead atoms. The summed E-state index contributed by atoms with van der Waals surface area (Å²) in [6.07, 6.45) is 0.800. The molecule has 0 aromatic carbocycles. The minimum atomic E-state index is -0.526. The summed E-state index contributed by atoms with van der Waals surface area (Å²) in [5, 5.41) is 5.82. The molecule has 0 saturated heterocycles. The van der Waals surface area contributed by atoms with Crippen LogP contribution in [-0.4, -0.2) is 53.4 Å². The van der Waals surface area contributed by atoms with Gasteiger partial charge in [0, 0.05) is 13.6 Å². The summed E-state index contributed by atoms with van der Waals surface area (Å²) in [5.74, 6) is 0.532. The van der Waals surface area contributed by atoms with Crippen molar-refractivity contribution in [1.29, 1.82) is 0 Å². The number of ether oxygens (including phenoxy) is 1. The molecular formula is C15H27N3O3. The van der Waals surface area contributed by atoms with Crippen LogP contribution in [0.5, 0.6) is 0 Å². The minimum absolute atomic E-state index is 0.00300. The van der Waals surface area contributed by atoms with Crippen LogP contribution in [0, 0.1) is 5.92 Å². The monoisotopic (exact) mass is 297 g/mol. The molecule has 0 fully saturated rings. The predicted octanol–water partition coefficient (Wildman–Crippen LogP) is 2.49. The first-order valence-corrected chi connectivity index (χ1v) is 7.39. The Balaban J connectivity index is 2.53. The fourth-order valence-electron chi connectivity index (χ4n) is 1.85. The molecule has 1 rings (SSSR count). The summed E-state index contributed by atoms with van der Waals surface area (Å²) in [5.41, 5.74) is 0.180. The lowest BCUT2D eigenvalue weighted by molar-refractivity contribution is -0.128. The van der Waals surface area contributed by atoms with E-state index in [0.29, 0.717) is 24.7 Å². The Morgan fingerprint density at radius 2 is 2.05 bits per heavy atom. The van der Waals surface area contributed by atoms with Crippen molar-refractivity contribution in [3.8, 4) is 0 Å². The van der Waals surface area contributed by atoms with Crippen molar-refractivity contribution >= 4 is 17.7 Å². The molecule has 6 nitrogen and oxygen atoms in total. The average Bonchev–Trinajstić information content (AvgIpc) is 2.64. The second kappa shape index (κ2) is 6.91. The van der Waals surface area contributed by atoms with Crippen molar-refractivity contribution in [2.45, 2.75) is 53.1 Å². The molecule has 1 heterocycles. The van der Waals surface area contributed by atoms with Crippen molar-refractivity contribution < 1.29 is 14.3 Å². The van der Waals surface area contributed by atoms with Crippen molar-refractivity contribution in [2.75, 3.05) is 20.1 Å². The van der Waals surface area contributed by atoms with Gasteiger partial charge in [0.2, 0.25) is 5.91 Å². The molecule has 120 valence electrons. The van der Waals surface area contributed by atoms with Gasteiger partial charge in [-0.2, -0.15) is 5.10 Å². The van der Waals surface area contributed by atoms with Crippen LogP contribution < -0.4 is 0 Å². The number of hydrazone groups is 1. The summed E-state index contributed by atoms with van der Waals surface area (Å²) in [7, 11) is 1.65. The molecule has 0 spiro atoms. The number of carbonyl (C=O) groups excluding carboxylic acids is 2. The highest BCUT2D eigenvalue weighted by Crippen LogP contribution is 2.13. The molecule has 0 radical (unpaired) electrons. The third-order valence-electron chi connectivity index (χ3n) is 2.95. The van der Waals surface area contributed by atoms with Gasteiger partial charge < -0.3 is 9.64 Å². The van der Waals surface area contributed by atoms with E-state index in [4.69, 9.17) is 4.74 Å². The summed E-state index contributed by atoms with van der Waals surface area (Å²) < 4.78 is 5.28. The van der Waals surface area contributed by atoms with Gasteiger partial charge in [-0.15, -0.1) is 0 Å². The SMILES string of the molecule is CC(C)CCN1N=C(CN(C)C(=O)OC(C)(C)C)CC1=O. The second-order valence-corrected chi connectivity index (χ2v) is 6.88. The lowest BCUT2D eigenvalue weighted by Crippen LogP contribution is -2.37. The zero-order chi connectivity index (χ0) is 16.2. The van der Waals surface area contributed by atoms with Crippen LogP contribution >= 0.6 is 0 Å². The van der Waals surface area contributed by atoms with E-state index >= 15 is 0 Å². The van der Waals surface area contributed by atoms with Gasteiger partial charge in [-0.25, -0.2) is 9.80 Å². The van der Waals surface area contributed by atoms with Gasteiger partial charge in [0.25, 0.3) is 0 Å². The molecule has 0 aromatic rings. The maximum Gasteiger partial charge on any atom is 0.410 e. The van der Waals surface area contributed by atoms with E-state index in [9.17, 15) is 9.59 Å². The molecule has 21 heavy (non-hydrogen) atoms. The molecule has 1 aliphatic rings. The fourth-order valence-corrected chi connectivity index (χ4v) is 1.85. The van der Waals surface area contributed by atoms with Crippen LogP contribution in [0.25, 0.3) is 0 Å². The molecule has 0 aromatic heterocycles. The molecule has 0 atom stereocenters. The van der Waals surface area contributed by atoms with E-state index in [-0.39, 0.29) is 12.3 Å². The number of hydrogen-bond donors (Lipinski definition) is 0. The maximum absolute atomic E-state index is 11.9. The number of amides is 2. The number of rotatable bonds is 5. The lowest BCUT2D eigenvalue weighted by atomic mass is 10.1. The Morgan fingerprint density at radius 1 is 1.43 bits per heavy atom. The molecule has 2 amide bonds. The molecule has 6 heteroatoms. The van der Waals surface area contributed by atoms with Crippen LogP contribution in [0.4, 0.5) is 4.79 Å². The normalized spacial score (nSPS) is 15.5. The van der Waals surface area contributed by atoms with E-state index in [1.807, 2.05) is 20.8 Å². The Hall–Kier alpha value is -1.59. The smallest absolute Gasteiger partial charge is 0.410 e. The summed E-state index contributed by atoms with van der Waals surface area (Å²) in [6, 6.07) is 0. The zero-order valence-electron chi connectivity index (χ0n) is 14.0. The van der Waals surface area contributed by atoms with E-state index < -0.39 is 11.7 Å². The number of hydrogen-bond acceptors (Lipinski definition) is 4. The first-order valence-electron chi connectivity index (χ1n) is 7.39. The minimum Gasteiger partial charge on any atom is -0.444 e. The van der Waals surface area contributed by atoms with Gasteiger partial charge in [-0.1, -0.05) is 13.8 Å². The van der Waals surface area contributed by atoms with Gasteiger partial charge in [0.05, 0.1) is 18.7 Å². The number of nitrogens with zero attached hydrogens (tertiary/aromatic N) is 3. The van der Waals surface area contributed by atoms with E-state index in [1.54, 1.807) is 7.05 Å². The predicted molar refractivity (Wildman–Crippen MR) is 82.1 cm³/mol. The van der Waals surface area contributed by atoms with Gasteiger partial charge in [0.1, 0.15) is 5.60 Å². The lowest BCUT2D eigenvalue weighted by Gasteiger charge is -2.24. The first-order chi connectivity index (χ1) is 9.58. The van der Waals surface area contributed by atoms with Crippen LogP contribution in [0.1, 0.15) is 47.5 Å². The standard InChI is InChI=1S/C15H27N3O3/c1-11(2)7-8-18-13(19)9-12(16-18)10-17(6)14(20)21-15(3,4)5/h11H,7-10H2,1-6H3. The van der Waals surface area contributed by atoms with Gasteiger partial charge in [0.15, 0.2) is 0 Å². The van der Waals surface area contributed by atoms with Crippen LogP contribution in [0.2, 0.25) is 0 Å². The molecule has 0 unspecified atom stereocenters. The highest BCUT2D eigenvalue weighted by molar-refractivity contribution is 6.06. The molecule has 0 aliphatic carbocycles. The fraction of sp³-hybridized carbons (Fsp3) is 0.800. The van der Waals surface area contributed by atoms with E-state index in [1.165, 1.54) is 9.91 Å². The molecule has 1 aliphatic heterocycles. The van der Waals surface area contributed by atoms with E-state index in [2.05, 4.69) is 18.9 Å². The van der Waals surface area contributed by atoms with Crippen LogP contribution in [0.3, 0.4) is 0 Å². The van der Waals surface area contributed by atoms with Gasteiger partial charge in [-0.3, -0.25) is 4.79 Å². The highest BCUT2D eigenvalue weighted by Gasteiger charge is 2.26. The Morgan fingerprint density at radius 3 is 2.57 bits per heavy atom. The Labute approximate surface area is 127 Å². The van der Waals surface area contributed by atoms with E-state index in [0.717, 1.165) is 6.42 Å². The maximum atomic E-state index is 11.9. The quantitative estimate of drug-likeness (QED) is 0.783. The second-order valence-electron chi connectivity index (χ2n) is 6.88. The Kier molecular flexibility index (Phi) is 5.75. The largest absolute Gasteiger partial charge is 0.444 e. The van der Waals surface area contributed by atoms with Crippen LogP contribution in [-0.2, 0) is 9.53 Å². The third kappa shape index (κ3) is 6.14. The molecule has 0 saturated carbocycles. The third-order valence-corrected chi connectivity index (χ3v) is 2.95. The van der Waals surface area contributed by atoms with Gasteiger partial charge >= 0.3 is 6.09 Å². The number of carbonyl (C=O) groups is 2. The summed E-state index contributed by atoms with van der Waals surface area (Å²) in [4.78, 5) is 25.2. The van der Waals surface area contributed by atoms with Crippen molar-refractivity contribution in [3.05, 3.63) is 0 Å². The van der Waals surface area contributed by atoms with Crippen LogP contribution in [0.15, 0.2) is 5.10 Å². The van der Waals surface area contributed by atoms with Gasteiger partial charge in [-0.05, 0) is 33.1 Å². The Bertz CT molecular complexity index is 424. The highest BCUT2D eigenvalue weighted by atomic mass is 16.6. The van der Waals surface area contributed by atoms with Crippen molar-refractivity contribution in [1.82, 2.24) is 9.91 Å². The molecule has 0 N–H and O–H groups in total. The van der Waals surface area contributed by atoms with Crippen molar-refractivity contribution in [3.63, 3.8) is 0 Å². The average molecular weight is 297 g/mol. The summed E-state index contributed by atoms with van der Waals surface area (Å²) in [6.45, 7) is 10.6.